The number of carbonyl (C=O) groups is 2. The van der Waals surface area contributed by atoms with E-state index >= 15 is 0 Å². The lowest BCUT2D eigenvalue weighted by Gasteiger charge is -2.33. The summed E-state index contributed by atoms with van der Waals surface area (Å²) in [6, 6.07) is 0. The highest BCUT2D eigenvalue weighted by Gasteiger charge is 2.19. The topological polar surface area (TPSA) is 49.9 Å². The van der Waals surface area contributed by atoms with Crippen molar-refractivity contribution >= 4 is 11.7 Å². The molecule has 5 nitrogen and oxygen atoms in total. The van der Waals surface area contributed by atoms with Crippen LogP contribution in [0.1, 0.15) is 6.92 Å². The van der Waals surface area contributed by atoms with Gasteiger partial charge in [0.05, 0.1) is 6.54 Å². The van der Waals surface area contributed by atoms with Gasteiger partial charge in [-0.15, -0.1) is 0 Å². The molecule has 0 N–H and O–H groups in total. The van der Waals surface area contributed by atoms with E-state index in [9.17, 15) is 9.59 Å². The second kappa shape index (κ2) is 5.82. The lowest BCUT2D eigenvalue weighted by atomic mass is 10.3. The molecule has 15 heavy (non-hydrogen) atoms. The summed E-state index contributed by atoms with van der Waals surface area (Å²) in [5, 5.41) is 0. The van der Waals surface area contributed by atoms with Gasteiger partial charge >= 0.3 is 0 Å². The summed E-state index contributed by atoms with van der Waals surface area (Å²) < 4.78 is 4.76. The van der Waals surface area contributed by atoms with E-state index in [1.165, 1.54) is 7.11 Å². The third kappa shape index (κ3) is 3.97. The molecule has 0 bridgehead atoms. The molecule has 1 rings (SSSR count). The minimum absolute atomic E-state index is 0.0915. The van der Waals surface area contributed by atoms with Gasteiger partial charge in [0.1, 0.15) is 6.61 Å². The van der Waals surface area contributed by atoms with E-state index < -0.39 is 0 Å². The third-order valence-corrected chi connectivity index (χ3v) is 2.52. The molecule has 1 fully saturated rings. The number of carbonyl (C=O) groups excluding carboxylic acids is 2. The van der Waals surface area contributed by atoms with Crippen LogP contribution in [0.3, 0.4) is 0 Å². The number of methoxy groups -OCH3 is 1. The van der Waals surface area contributed by atoms with Gasteiger partial charge in [-0.25, -0.2) is 0 Å². The fourth-order valence-corrected chi connectivity index (χ4v) is 1.68. The Kier molecular flexibility index (Phi) is 4.71. The van der Waals surface area contributed by atoms with Crippen molar-refractivity contribution in [3.05, 3.63) is 0 Å². The summed E-state index contributed by atoms with van der Waals surface area (Å²) in [5.74, 6) is 0.201. The normalized spacial score (nSPS) is 17.9. The van der Waals surface area contributed by atoms with Crippen molar-refractivity contribution in [1.29, 1.82) is 0 Å². The number of hydrogen-bond donors (Lipinski definition) is 0. The van der Waals surface area contributed by atoms with Gasteiger partial charge in [0, 0.05) is 40.2 Å². The fourth-order valence-electron chi connectivity index (χ4n) is 1.68. The SMILES string of the molecule is COCC(=O)CN1CCN(C(C)=O)CC1. The van der Waals surface area contributed by atoms with Gasteiger partial charge in [0.2, 0.25) is 5.91 Å². The molecule has 0 saturated carbocycles. The first-order valence-electron chi connectivity index (χ1n) is 5.12. The molecule has 0 atom stereocenters. The number of ether oxygens (including phenoxy) is 1. The van der Waals surface area contributed by atoms with Crippen LogP contribution in [0.4, 0.5) is 0 Å². The second-order valence-electron chi connectivity index (χ2n) is 3.75. The van der Waals surface area contributed by atoms with Crippen LogP contribution in [-0.4, -0.2) is 67.9 Å². The fraction of sp³-hybridized carbons (Fsp3) is 0.800. The van der Waals surface area contributed by atoms with Crippen LogP contribution >= 0.6 is 0 Å². The number of rotatable bonds is 4. The smallest absolute Gasteiger partial charge is 0.219 e. The van der Waals surface area contributed by atoms with Crippen molar-refractivity contribution in [2.75, 3.05) is 46.4 Å². The molecule has 1 saturated heterocycles. The van der Waals surface area contributed by atoms with E-state index in [-0.39, 0.29) is 18.3 Å². The number of hydrogen-bond acceptors (Lipinski definition) is 4. The molecule has 1 heterocycles. The van der Waals surface area contributed by atoms with Crippen LogP contribution in [0.5, 0.6) is 0 Å². The zero-order chi connectivity index (χ0) is 11.3. The van der Waals surface area contributed by atoms with Crippen molar-refractivity contribution in [1.82, 2.24) is 9.80 Å². The second-order valence-corrected chi connectivity index (χ2v) is 3.75. The molecular weight excluding hydrogens is 196 g/mol. The average molecular weight is 214 g/mol. The van der Waals surface area contributed by atoms with Gasteiger partial charge in [-0.1, -0.05) is 0 Å². The number of Topliss-reactive ketones (excluding diaryl/α,β-unsaturated/α-hetero) is 1. The van der Waals surface area contributed by atoms with Crippen LogP contribution in [0, 0.1) is 0 Å². The van der Waals surface area contributed by atoms with Crippen LogP contribution in [-0.2, 0) is 14.3 Å². The lowest BCUT2D eigenvalue weighted by molar-refractivity contribution is -0.131. The van der Waals surface area contributed by atoms with Crippen LogP contribution in [0.15, 0.2) is 0 Å². The molecule has 1 amide bonds. The Bertz CT molecular complexity index is 235. The monoisotopic (exact) mass is 214 g/mol. The van der Waals surface area contributed by atoms with Gasteiger partial charge in [-0.05, 0) is 0 Å². The van der Waals surface area contributed by atoms with Gasteiger partial charge in [-0.2, -0.15) is 0 Å². The van der Waals surface area contributed by atoms with E-state index in [0.717, 1.165) is 26.2 Å². The highest BCUT2D eigenvalue weighted by Crippen LogP contribution is 2.01. The quantitative estimate of drug-likeness (QED) is 0.625. The van der Waals surface area contributed by atoms with Crippen molar-refractivity contribution in [2.24, 2.45) is 0 Å². The van der Waals surface area contributed by atoms with Crippen LogP contribution in [0.2, 0.25) is 0 Å². The number of amides is 1. The largest absolute Gasteiger partial charge is 0.377 e. The maximum Gasteiger partial charge on any atom is 0.219 e. The Morgan fingerprint density at radius 3 is 2.27 bits per heavy atom. The van der Waals surface area contributed by atoms with Crippen molar-refractivity contribution in [2.45, 2.75) is 6.92 Å². The van der Waals surface area contributed by atoms with E-state index in [0.29, 0.717) is 6.54 Å². The molecule has 0 radical (unpaired) electrons. The standard InChI is InChI=1S/C10H18N2O3/c1-9(13)12-5-3-11(4-6-12)7-10(14)8-15-2/h3-8H2,1-2H3. The summed E-state index contributed by atoms with van der Waals surface area (Å²) >= 11 is 0. The Morgan fingerprint density at radius 2 is 1.80 bits per heavy atom. The minimum Gasteiger partial charge on any atom is -0.377 e. The lowest BCUT2D eigenvalue weighted by Crippen LogP contribution is -2.49. The number of nitrogens with zero attached hydrogens (tertiary/aromatic N) is 2. The van der Waals surface area contributed by atoms with Gasteiger partial charge in [0.15, 0.2) is 5.78 Å². The van der Waals surface area contributed by atoms with E-state index in [4.69, 9.17) is 4.74 Å². The third-order valence-electron chi connectivity index (χ3n) is 2.52. The Morgan fingerprint density at radius 1 is 1.20 bits per heavy atom. The molecule has 1 aliphatic heterocycles. The van der Waals surface area contributed by atoms with Gasteiger partial charge < -0.3 is 9.64 Å². The van der Waals surface area contributed by atoms with Gasteiger partial charge in [-0.3, -0.25) is 14.5 Å². The Hall–Kier alpha value is -0.940. The molecular formula is C10H18N2O3. The molecule has 86 valence electrons. The van der Waals surface area contributed by atoms with Crippen molar-refractivity contribution < 1.29 is 14.3 Å². The highest BCUT2D eigenvalue weighted by atomic mass is 16.5. The molecule has 5 heteroatoms. The first kappa shape index (κ1) is 12.1. The van der Waals surface area contributed by atoms with E-state index in [2.05, 4.69) is 4.90 Å². The summed E-state index contributed by atoms with van der Waals surface area (Å²) in [4.78, 5) is 26.2. The Balaban J connectivity index is 2.25. The van der Waals surface area contributed by atoms with Crippen molar-refractivity contribution in [3.8, 4) is 0 Å². The summed E-state index contributed by atoms with van der Waals surface area (Å²) in [6.45, 7) is 5.16. The van der Waals surface area contributed by atoms with E-state index in [1.807, 2.05) is 0 Å². The highest BCUT2D eigenvalue weighted by molar-refractivity contribution is 5.81. The summed E-state index contributed by atoms with van der Waals surface area (Å²) in [6.07, 6.45) is 0. The molecule has 0 spiro atoms. The van der Waals surface area contributed by atoms with Crippen LogP contribution in [0.25, 0.3) is 0 Å². The van der Waals surface area contributed by atoms with Gasteiger partial charge in [0.25, 0.3) is 0 Å². The molecule has 0 unspecified atom stereocenters. The summed E-state index contributed by atoms with van der Waals surface area (Å²) in [7, 11) is 1.52. The Labute approximate surface area is 90.0 Å². The zero-order valence-electron chi connectivity index (χ0n) is 9.36. The summed E-state index contributed by atoms with van der Waals surface area (Å²) in [5.41, 5.74) is 0. The molecule has 0 aromatic heterocycles. The van der Waals surface area contributed by atoms with Crippen molar-refractivity contribution in [3.63, 3.8) is 0 Å². The van der Waals surface area contributed by atoms with E-state index in [1.54, 1.807) is 11.8 Å². The maximum absolute atomic E-state index is 11.3. The zero-order valence-corrected chi connectivity index (χ0v) is 9.36. The van der Waals surface area contributed by atoms with Crippen LogP contribution < -0.4 is 0 Å². The predicted octanol–water partition coefficient (Wildman–Crippen LogP) is -0.634. The average Bonchev–Trinajstić information content (AvgIpc) is 2.18. The first-order chi connectivity index (χ1) is 7.13. The first-order valence-corrected chi connectivity index (χ1v) is 5.12. The number of piperazine rings is 1. The predicted molar refractivity (Wildman–Crippen MR) is 55.6 cm³/mol. The molecule has 0 aliphatic carbocycles. The number of ketones is 1. The molecule has 1 aliphatic rings. The maximum atomic E-state index is 11.3. The minimum atomic E-state index is 0.0915. The molecule has 0 aromatic carbocycles. The molecule has 0 aromatic rings.